The molecule has 1 aromatic carbocycles. The van der Waals surface area contributed by atoms with E-state index in [4.69, 9.17) is 15.2 Å². The number of nitrogen functional groups attached to an aromatic ring is 1. The predicted octanol–water partition coefficient (Wildman–Crippen LogP) is 1.98. The Balaban J connectivity index is 2.73. The van der Waals surface area contributed by atoms with Crippen molar-refractivity contribution in [3.63, 3.8) is 0 Å². The number of methoxy groups -OCH3 is 2. The Morgan fingerprint density at radius 3 is 2.53 bits per heavy atom. The summed E-state index contributed by atoms with van der Waals surface area (Å²) in [6, 6.07) is 3.83. The monoisotopic (exact) mass is 233 g/mol. The van der Waals surface area contributed by atoms with Gasteiger partial charge in [0, 0.05) is 0 Å². The van der Waals surface area contributed by atoms with Gasteiger partial charge in [-0.05, 0) is 18.6 Å². The molecule has 0 radical (unpaired) electrons. The number of aryl methyl sites for hydroxylation is 1. The number of H-pyrrole nitrogens is 1. The standard InChI is InChI=1S/C12H15N3O2/c1-7-4-5-9(16-2)10(11(7)17-3)8-6-14-15-12(8)13/h4-6H,1-3H3,(H3,13,14,15). The average molecular weight is 233 g/mol. The Morgan fingerprint density at radius 2 is 2.00 bits per heavy atom. The second-order valence-corrected chi connectivity index (χ2v) is 3.69. The fourth-order valence-electron chi connectivity index (χ4n) is 1.85. The summed E-state index contributed by atoms with van der Waals surface area (Å²) < 4.78 is 10.8. The van der Waals surface area contributed by atoms with E-state index in [-0.39, 0.29) is 0 Å². The van der Waals surface area contributed by atoms with E-state index in [0.717, 1.165) is 22.4 Å². The van der Waals surface area contributed by atoms with Crippen molar-refractivity contribution < 1.29 is 9.47 Å². The molecule has 3 N–H and O–H groups in total. The molecule has 5 heteroatoms. The summed E-state index contributed by atoms with van der Waals surface area (Å²) in [7, 11) is 3.24. The van der Waals surface area contributed by atoms with Gasteiger partial charge in [-0.15, -0.1) is 0 Å². The first-order chi connectivity index (χ1) is 8.19. The number of benzene rings is 1. The molecule has 90 valence electrons. The molecule has 0 aliphatic rings. The highest BCUT2D eigenvalue weighted by atomic mass is 16.5. The van der Waals surface area contributed by atoms with Crippen LogP contribution >= 0.6 is 0 Å². The van der Waals surface area contributed by atoms with Crippen LogP contribution in [0.25, 0.3) is 11.1 Å². The number of hydrogen-bond donors (Lipinski definition) is 2. The third-order valence-corrected chi connectivity index (χ3v) is 2.68. The van der Waals surface area contributed by atoms with Crippen molar-refractivity contribution in [2.24, 2.45) is 0 Å². The molecule has 0 spiro atoms. The lowest BCUT2D eigenvalue weighted by Gasteiger charge is -2.14. The number of hydrogen-bond acceptors (Lipinski definition) is 4. The van der Waals surface area contributed by atoms with Crippen LogP contribution in [-0.4, -0.2) is 24.4 Å². The number of nitrogens with two attached hydrogens (primary N) is 1. The minimum absolute atomic E-state index is 0.493. The summed E-state index contributed by atoms with van der Waals surface area (Å²) in [5, 5.41) is 6.62. The Hall–Kier alpha value is -2.17. The van der Waals surface area contributed by atoms with Gasteiger partial charge in [0.25, 0.3) is 0 Å². The van der Waals surface area contributed by atoms with Crippen LogP contribution in [0.2, 0.25) is 0 Å². The first kappa shape index (κ1) is 11.3. The minimum Gasteiger partial charge on any atom is -0.496 e. The Labute approximate surface area is 99.5 Å². The summed E-state index contributed by atoms with van der Waals surface area (Å²) in [4.78, 5) is 0. The average Bonchev–Trinajstić information content (AvgIpc) is 2.74. The van der Waals surface area contributed by atoms with Gasteiger partial charge >= 0.3 is 0 Å². The first-order valence-corrected chi connectivity index (χ1v) is 5.19. The highest BCUT2D eigenvalue weighted by molar-refractivity contribution is 5.83. The summed E-state index contributed by atoms with van der Waals surface area (Å²) in [5.74, 6) is 1.95. The third kappa shape index (κ3) is 1.80. The molecule has 2 aromatic rings. The summed E-state index contributed by atoms with van der Waals surface area (Å²) >= 11 is 0. The molecule has 2 rings (SSSR count). The van der Waals surface area contributed by atoms with E-state index in [1.807, 2.05) is 19.1 Å². The molecular weight excluding hydrogens is 218 g/mol. The van der Waals surface area contributed by atoms with Crippen molar-refractivity contribution in [1.29, 1.82) is 0 Å². The SMILES string of the molecule is COc1ccc(C)c(OC)c1-c1cn[nH]c1N. The maximum absolute atomic E-state index is 5.84. The van der Waals surface area contributed by atoms with Crippen LogP contribution in [0.4, 0.5) is 5.82 Å². The van der Waals surface area contributed by atoms with Crippen molar-refractivity contribution in [3.05, 3.63) is 23.9 Å². The van der Waals surface area contributed by atoms with E-state index in [0.29, 0.717) is 11.6 Å². The molecule has 0 saturated carbocycles. The number of nitrogens with one attached hydrogen (secondary N) is 1. The molecule has 1 heterocycles. The summed E-state index contributed by atoms with van der Waals surface area (Å²) in [6.45, 7) is 1.97. The first-order valence-electron chi connectivity index (χ1n) is 5.19. The lowest BCUT2D eigenvalue weighted by molar-refractivity contribution is 0.395. The molecule has 0 fully saturated rings. The van der Waals surface area contributed by atoms with E-state index in [1.54, 1.807) is 20.4 Å². The molecule has 0 unspecified atom stereocenters. The fourth-order valence-corrected chi connectivity index (χ4v) is 1.85. The molecule has 5 nitrogen and oxygen atoms in total. The topological polar surface area (TPSA) is 73.2 Å². The number of aromatic amines is 1. The van der Waals surface area contributed by atoms with Gasteiger partial charge in [0.05, 0.1) is 31.5 Å². The molecule has 0 aliphatic carbocycles. The molecule has 0 bridgehead atoms. The van der Waals surface area contributed by atoms with Gasteiger partial charge in [0.1, 0.15) is 17.3 Å². The van der Waals surface area contributed by atoms with E-state index >= 15 is 0 Å². The van der Waals surface area contributed by atoms with Crippen LogP contribution in [0, 0.1) is 6.92 Å². The largest absolute Gasteiger partial charge is 0.496 e. The van der Waals surface area contributed by atoms with E-state index in [1.165, 1.54) is 0 Å². The van der Waals surface area contributed by atoms with Crippen LogP contribution in [0.3, 0.4) is 0 Å². The lowest BCUT2D eigenvalue weighted by Crippen LogP contribution is -1.97. The zero-order valence-corrected chi connectivity index (χ0v) is 10.1. The minimum atomic E-state index is 0.493. The molecule has 0 atom stereocenters. The molecule has 0 amide bonds. The zero-order valence-electron chi connectivity index (χ0n) is 10.1. The van der Waals surface area contributed by atoms with Crippen molar-refractivity contribution in [2.75, 3.05) is 20.0 Å². The molecule has 17 heavy (non-hydrogen) atoms. The summed E-state index contributed by atoms with van der Waals surface area (Å²) in [6.07, 6.45) is 1.66. The lowest BCUT2D eigenvalue weighted by atomic mass is 10.0. The number of aromatic nitrogens is 2. The van der Waals surface area contributed by atoms with Crippen molar-refractivity contribution in [2.45, 2.75) is 6.92 Å². The van der Waals surface area contributed by atoms with Gasteiger partial charge in [-0.2, -0.15) is 5.10 Å². The maximum atomic E-state index is 5.84. The van der Waals surface area contributed by atoms with Gasteiger partial charge in [-0.3, -0.25) is 5.10 Å². The van der Waals surface area contributed by atoms with Gasteiger partial charge < -0.3 is 15.2 Å². The number of rotatable bonds is 3. The van der Waals surface area contributed by atoms with Gasteiger partial charge in [0.15, 0.2) is 0 Å². The molecular formula is C12H15N3O2. The molecule has 0 saturated heterocycles. The smallest absolute Gasteiger partial charge is 0.133 e. The van der Waals surface area contributed by atoms with Crippen LogP contribution in [0.1, 0.15) is 5.56 Å². The van der Waals surface area contributed by atoms with Crippen LogP contribution in [0.15, 0.2) is 18.3 Å². The van der Waals surface area contributed by atoms with E-state index in [9.17, 15) is 0 Å². The zero-order chi connectivity index (χ0) is 12.4. The third-order valence-electron chi connectivity index (χ3n) is 2.68. The van der Waals surface area contributed by atoms with Crippen LogP contribution in [0.5, 0.6) is 11.5 Å². The highest BCUT2D eigenvalue weighted by Gasteiger charge is 2.18. The fraction of sp³-hybridized carbons (Fsp3) is 0.250. The van der Waals surface area contributed by atoms with Crippen molar-refractivity contribution >= 4 is 5.82 Å². The van der Waals surface area contributed by atoms with E-state index < -0.39 is 0 Å². The van der Waals surface area contributed by atoms with Crippen LogP contribution in [-0.2, 0) is 0 Å². The summed E-state index contributed by atoms with van der Waals surface area (Å²) in [5.41, 5.74) is 8.46. The van der Waals surface area contributed by atoms with Gasteiger partial charge in [-0.1, -0.05) is 6.07 Å². The van der Waals surface area contributed by atoms with E-state index in [2.05, 4.69) is 10.2 Å². The Bertz CT molecular complexity index is 535. The molecule has 0 aliphatic heterocycles. The van der Waals surface area contributed by atoms with Gasteiger partial charge in [-0.25, -0.2) is 0 Å². The molecule has 1 aromatic heterocycles. The second kappa shape index (κ2) is 4.37. The Kier molecular flexibility index (Phi) is 2.91. The number of nitrogens with zero attached hydrogens (tertiary/aromatic N) is 1. The second-order valence-electron chi connectivity index (χ2n) is 3.69. The maximum Gasteiger partial charge on any atom is 0.133 e. The predicted molar refractivity (Wildman–Crippen MR) is 66.3 cm³/mol. The highest BCUT2D eigenvalue weighted by Crippen LogP contribution is 2.42. The Morgan fingerprint density at radius 1 is 1.24 bits per heavy atom. The van der Waals surface area contributed by atoms with Crippen LogP contribution < -0.4 is 15.2 Å². The van der Waals surface area contributed by atoms with Gasteiger partial charge in [0.2, 0.25) is 0 Å². The number of ether oxygens (including phenoxy) is 2. The number of anilines is 1. The quantitative estimate of drug-likeness (QED) is 0.850. The van der Waals surface area contributed by atoms with Crippen molar-refractivity contribution in [3.8, 4) is 22.6 Å². The normalized spacial score (nSPS) is 10.3. The van der Waals surface area contributed by atoms with Crippen molar-refractivity contribution in [1.82, 2.24) is 10.2 Å².